The number of hydrogen-bond donors (Lipinski definition) is 0. The molecule has 0 saturated heterocycles. The Morgan fingerprint density at radius 2 is 1.74 bits per heavy atom. The average Bonchev–Trinajstić information content (AvgIpc) is 2.66. The number of rotatable bonds is 5. The molecule has 0 amide bonds. The lowest BCUT2D eigenvalue weighted by molar-refractivity contribution is -0.121. The smallest absolute Gasteiger partial charge is 0.343 e. The van der Waals surface area contributed by atoms with Gasteiger partial charge in [-0.05, 0) is 61.1 Å². The van der Waals surface area contributed by atoms with Crippen molar-refractivity contribution in [3.8, 4) is 5.75 Å². The van der Waals surface area contributed by atoms with Crippen LogP contribution in [-0.2, 0) is 11.2 Å². The van der Waals surface area contributed by atoms with Gasteiger partial charge in [-0.1, -0.05) is 49.8 Å². The maximum Gasteiger partial charge on any atom is 0.343 e. The molecule has 3 rings (SSSR count). The van der Waals surface area contributed by atoms with Crippen LogP contribution in [0, 0.1) is 11.8 Å². The number of esters is 1. The van der Waals surface area contributed by atoms with Crippen LogP contribution < -0.4 is 4.74 Å². The molecule has 1 unspecified atom stereocenters. The van der Waals surface area contributed by atoms with Gasteiger partial charge in [0.15, 0.2) is 5.78 Å². The van der Waals surface area contributed by atoms with Gasteiger partial charge >= 0.3 is 5.97 Å². The zero-order chi connectivity index (χ0) is 19.4. The quantitative estimate of drug-likeness (QED) is 0.528. The van der Waals surface area contributed by atoms with Crippen molar-refractivity contribution in [2.45, 2.75) is 40.0 Å². The van der Waals surface area contributed by atoms with Crippen molar-refractivity contribution in [3.05, 3.63) is 76.9 Å². The predicted octanol–water partition coefficient (Wildman–Crippen LogP) is 5.40. The van der Waals surface area contributed by atoms with Crippen LogP contribution in [-0.4, -0.2) is 11.8 Å². The van der Waals surface area contributed by atoms with Gasteiger partial charge in [-0.3, -0.25) is 4.79 Å². The van der Waals surface area contributed by atoms with Crippen molar-refractivity contribution >= 4 is 11.8 Å². The minimum Gasteiger partial charge on any atom is -0.423 e. The van der Waals surface area contributed by atoms with Crippen LogP contribution in [0.5, 0.6) is 5.75 Å². The van der Waals surface area contributed by atoms with Crippen molar-refractivity contribution in [2.24, 2.45) is 11.8 Å². The van der Waals surface area contributed by atoms with E-state index in [1.807, 2.05) is 18.2 Å². The summed E-state index contributed by atoms with van der Waals surface area (Å²) in [6, 6.07) is 16.4. The van der Waals surface area contributed by atoms with Gasteiger partial charge < -0.3 is 4.74 Å². The largest absolute Gasteiger partial charge is 0.423 e. The second kappa shape index (κ2) is 8.34. The molecule has 0 saturated carbocycles. The Hall–Kier alpha value is -2.68. The number of allylic oxidation sites excluding steroid dienone is 2. The van der Waals surface area contributed by atoms with E-state index in [0.717, 1.165) is 24.0 Å². The van der Waals surface area contributed by atoms with E-state index in [9.17, 15) is 9.59 Å². The van der Waals surface area contributed by atoms with Crippen molar-refractivity contribution in [1.29, 1.82) is 0 Å². The highest BCUT2D eigenvalue weighted by atomic mass is 16.5. The molecule has 1 atom stereocenters. The molecule has 0 spiro atoms. The Balaban J connectivity index is 1.69. The van der Waals surface area contributed by atoms with Crippen molar-refractivity contribution in [3.63, 3.8) is 0 Å². The Morgan fingerprint density at radius 1 is 1.07 bits per heavy atom. The number of ether oxygens (including phenoxy) is 1. The molecule has 1 aliphatic rings. The highest BCUT2D eigenvalue weighted by molar-refractivity contribution is 5.99. The third-order valence-corrected chi connectivity index (χ3v) is 5.31. The summed E-state index contributed by atoms with van der Waals surface area (Å²) in [5, 5.41) is 0. The van der Waals surface area contributed by atoms with Crippen molar-refractivity contribution in [1.82, 2.24) is 0 Å². The molecule has 2 aromatic rings. The predicted molar refractivity (Wildman–Crippen MR) is 107 cm³/mol. The van der Waals surface area contributed by atoms with E-state index in [-0.39, 0.29) is 11.9 Å². The van der Waals surface area contributed by atoms with Gasteiger partial charge in [0.25, 0.3) is 0 Å². The van der Waals surface area contributed by atoms with Crippen LogP contribution in [0.2, 0.25) is 0 Å². The molecule has 3 nitrogen and oxygen atoms in total. The first kappa shape index (κ1) is 19.1. The summed E-state index contributed by atoms with van der Waals surface area (Å²) >= 11 is 0. The van der Waals surface area contributed by atoms with Crippen LogP contribution in [0.3, 0.4) is 0 Å². The van der Waals surface area contributed by atoms with Crippen LogP contribution >= 0.6 is 0 Å². The molecular formula is C24H26O3. The second-order valence-corrected chi connectivity index (χ2v) is 7.59. The molecule has 0 bridgehead atoms. The highest BCUT2D eigenvalue weighted by Gasteiger charge is 2.29. The van der Waals surface area contributed by atoms with Crippen LogP contribution in [0.4, 0.5) is 0 Å². The van der Waals surface area contributed by atoms with Gasteiger partial charge in [0.1, 0.15) is 5.75 Å². The molecule has 0 aliphatic heterocycles. The Kier molecular flexibility index (Phi) is 5.90. The van der Waals surface area contributed by atoms with Crippen molar-refractivity contribution in [2.75, 3.05) is 0 Å². The summed E-state index contributed by atoms with van der Waals surface area (Å²) < 4.78 is 5.42. The van der Waals surface area contributed by atoms with Gasteiger partial charge in [-0.15, -0.1) is 0 Å². The molecule has 0 fully saturated rings. The van der Waals surface area contributed by atoms with Gasteiger partial charge in [0.2, 0.25) is 0 Å². The molecule has 0 heterocycles. The topological polar surface area (TPSA) is 43.4 Å². The van der Waals surface area contributed by atoms with Gasteiger partial charge in [0.05, 0.1) is 5.56 Å². The number of carbonyl (C=O) groups is 2. The first-order chi connectivity index (χ1) is 13.0. The van der Waals surface area contributed by atoms with Crippen LogP contribution in [0.25, 0.3) is 0 Å². The molecule has 3 heteroatoms. The zero-order valence-corrected chi connectivity index (χ0v) is 16.2. The number of carbonyl (C=O) groups excluding carboxylic acids is 2. The zero-order valence-electron chi connectivity index (χ0n) is 16.2. The summed E-state index contributed by atoms with van der Waals surface area (Å²) in [4.78, 5) is 25.0. The molecule has 0 aromatic heterocycles. The van der Waals surface area contributed by atoms with E-state index in [4.69, 9.17) is 4.74 Å². The van der Waals surface area contributed by atoms with Gasteiger partial charge in [-0.25, -0.2) is 4.79 Å². The lowest BCUT2D eigenvalue weighted by Gasteiger charge is -2.27. The fourth-order valence-corrected chi connectivity index (χ4v) is 3.58. The average molecular weight is 362 g/mol. The van der Waals surface area contributed by atoms with E-state index in [2.05, 4.69) is 20.8 Å². The third kappa shape index (κ3) is 4.54. The summed E-state index contributed by atoms with van der Waals surface area (Å²) in [5.41, 5.74) is 3.74. The molecule has 0 radical (unpaired) electrons. The molecule has 140 valence electrons. The normalized spacial score (nSPS) is 17.3. The minimum atomic E-state index is -0.371. The van der Waals surface area contributed by atoms with Crippen LogP contribution in [0.15, 0.2) is 65.7 Å². The monoisotopic (exact) mass is 362 g/mol. The Labute approximate surface area is 161 Å². The number of Topliss-reactive ketones (excluding diaryl/α,β-unsaturated/α-hetero) is 1. The summed E-state index contributed by atoms with van der Waals surface area (Å²) in [6.07, 6.45) is 2.59. The summed E-state index contributed by atoms with van der Waals surface area (Å²) in [7, 11) is 0. The van der Waals surface area contributed by atoms with Gasteiger partial charge in [0, 0.05) is 12.3 Å². The minimum absolute atomic E-state index is 0.134. The molecule has 2 aromatic carbocycles. The fraction of sp³-hybridized carbons (Fsp3) is 0.333. The first-order valence-corrected chi connectivity index (χ1v) is 9.54. The Bertz CT molecular complexity index is 845. The Morgan fingerprint density at radius 3 is 2.37 bits per heavy atom. The second-order valence-electron chi connectivity index (χ2n) is 7.59. The van der Waals surface area contributed by atoms with E-state index in [1.54, 1.807) is 36.4 Å². The summed E-state index contributed by atoms with van der Waals surface area (Å²) in [6.45, 7) is 6.31. The molecule has 1 aliphatic carbocycles. The SMILES string of the molecule is CC1=C(Cc2ccc(OC(=O)c3ccccc3)cc2)C(=O)C(C(C)C)CC1. The number of hydrogen-bond acceptors (Lipinski definition) is 3. The maximum absolute atomic E-state index is 12.8. The highest BCUT2D eigenvalue weighted by Crippen LogP contribution is 2.32. The molecular weight excluding hydrogens is 336 g/mol. The number of benzene rings is 2. The lowest BCUT2D eigenvalue weighted by atomic mass is 9.76. The summed E-state index contributed by atoms with van der Waals surface area (Å²) in [5.74, 6) is 0.945. The molecule has 27 heavy (non-hydrogen) atoms. The standard InChI is InChI=1S/C24H26O3/c1-16(2)21-14-9-17(3)22(23(21)25)15-18-10-12-20(13-11-18)27-24(26)19-7-5-4-6-8-19/h4-8,10-13,16,21H,9,14-15H2,1-3H3. The fourth-order valence-electron chi connectivity index (χ4n) is 3.58. The maximum atomic E-state index is 12.8. The third-order valence-electron chi connectivity index (χ3n) is 5.31. The van der Waals surface area contributed by atoms with Crippen LogP contribution in [0.1, 0.15) is 49.5 Å². The van der Waals surface area contributed by atoms with Crippen molar-refractivity contribution < 1.29 is 14.3 Å². The van der Waals surface area contributed by atoms with Gasteiger partial charge in [-0.2, -0.15) is 0 Å². The van der Waals surface area contributed by atoms with E-state index < -0.39 is 0 Å². The number of ketones is 1. The van der Waals surface area contributed by atoms with E-state index >= 15 is 0 Å². The lowest BCUT2D eigenvalue weighted by Crippen LogP contribution is -2.27. The first-order valence-electron chi connectivity index (χ1n) is 9.54. The van der Waals surface area contributed by atoms with E-state index in [0.29, 0.717) is 29.4 Å². The van der Waals surface area contributed by atoms with E-state index in [1.165, 1.54) is 5.57 Å². The molecule has 0 N–H and O–H groups in total.